The number of carboxylic acid groups (broad SMARTS) is 2. The van der Waals surface area contributed by atoms with Gasteiger partial charge < -0.3 is 10.2 Å². The molecule has 0 unspecified atom stereocenters. The van der Waals surface area contributed by atoms with E-state index in [-0.39, 0.29) is 11.1 Å². The minimum absolute atomic E-state index is 0.0897. The number of hydrogen-bond donors (Lipinski definition) is 2. The molecule has 4 nitrogen and oxygen atoms in total. The molecule has 0 atom stereocenters. The molecule has 0 heterocycles. The SMILES string of the molecule is O=C(O)/C(CCCCCCBr)=C(\CCCCCCBr)C(=O)O. The number of carbonyl (C=O) groups is 2. The van der Waals surface area contributed by atoms with Gasteiger partial charge in [-0.05, 0) is 38.5 Å². The smallest absolute Gasteiger partial charge is 0.332 e. The van der Waals surface area contributed by atoms with Crippen LogP contribution in [-0.2, 0) is 9.59 Å². The number of aliphatic carboxylic acids is 2. The van der Waals surface area contributed by atoms with E-state index in [9.17, 15) is 19.8 Å². The molecular formula is C16H26Br2O4. The molecule has 0 amide bonds. The summed E-state index contributed by atoms with van der Waals surface area (Å²) >= 11 is 6.72. The largest absolute Gasteiger partial charge is 0.478 e. The lowest BCUT2D eigenvalue weighted by atomic mass is 9.97. The lowest BCUT2D eigenvalue weighted by Crippen LogP contribution is -2.12. The Morgan fingerprint density at radius 3 is 1.18 bits per heavy atom. The molecule has 22 heavy (non-hydrogen) atoms. The summed E-state index contributed by atoms with van der Waals surface area (Å²) in [6, 6.07) is 0. The van der Waals surface area contributed by atoms with Crippen LogP contribution in [0.2, 0.25) is 0 Å². The van der Waals surface area contributed by atoms with Crippen LogP contribution in [0, 0.1) is 0 Å². The zero-order valence-corrected chi connectivity index (χ0v) is 16.1. The number of rotatable bonds is 14. The highest BCUT2D eigenvalue weighted by atomic mass is 79.9. The third-order valence-electron chi connectivity index (χ3n) is 3.50. The van der Waals surface area contributed by atoms with E-state index < -0.39 is 11.9 Å². The van der Waals surface area contributed by atoms with Crippen LogP contribution in [0.3, 0.4) is 0 Å². The van der Waals surface area contributed by atoms with Gasteiger partial charge in [0.15, 0.2) is 0 Å². The van der Waals surface area contributed by atoms with Gasteiger partial charge >= 0.3 is 11.9 Å². The Hall–Kier alpha value is -0.360. The van der Waals surface area contributed by atoms with E-state index in [0.29, 0.717) is 12.8 Å². The van der Waals surface area contributed by atoms with Crippen molar-refractivity contribution in [3.8, 4) is 0 Å². The van der Waals surface area contributed by atoms with Crippen molar-refractivity contribution in [2.75, 3.05) is 10.7 Å². The molecule has 0 fully saturated rings. The van der Waals surface area contributed by atoms with E-state index in [1.165, 1.54) is 0 Å². The van der Waals surface area contributed by atoms with Gasteiger partial charge in [0, 0.05) is 21.8 Å². The van der Waals surface area contributed by atoms with Crippen LogP contribution < -0.4 is 0 Å². The number of halogens is 2. The first-order valence-electron chi connectivity index (χ1n) is 7.85. The fourth-order valence-corrected chi connectivity index (χ4v) is 3.07. The highest BCUT2D eigenvalue weighted by Gasteiger charge is 2.19. The second-order valence-corrected chi connectivity index (χ2v) is 6.86. The molecule has 0 saturated carbocycles. The summed E-state index contributed by atoms with van der Waals surface area (Å²) in [5.41, 5.74) is 0.179. The van der Waals surface area contributed by atoms with Gasteiger partial charge in [-0.2, -0.15) is 0 Å². The Balaban J connectivity index is 4.55. The molecule has 6 heteroatoms. The van der Waals surface area contributed by atoms with E-state index in [4.69, 9.17) is 0 Å². The van der Waals surface area contributed by atoms with E-state index in [2.05, 4.69) is 31.9 Å². The van der Waals surface area contributed by atoms with Crippen molar-refractivity contribution in [2.24, 2.45) is 0 Å². The van der Waals surface area contributed by atoms with E-state index >= 15 is 0 Å². The fraction of sp³-hybridized carbons (Fsp3) is 0.750. The molecule has 0 aliphatic rings. The van der Waals surface area contributed by atoms with Crippen LogP contribution >= 0.6 is 31.9 Å². The van der Waals surface area contributed by atoms with Gasteiger partial charge in [-0.1, -0.05) is 57.5 Å². The maximum atomic E-state index is 11.4. The second kappa shape index (κ2) is 14.2. The third-order valence-corrected chi connectivity index (χ3v) is 4.62. The molecule has 0 bridgehead atoms. The van der Waals surface area contributed by atoms with E-state index in [0.717, 1.165) is 62.0 Å². The van der Waals surface area contributed by atoms with Gasteiger partial charge in [-0.3, -0.25) is 0 Å². The molecular weight excluding hydrogens is 416 g/mol. The average Bonchev–Trinajstić information content (AvgIpc) is 2.47. The quantitative estimate of drug-likeness (QED) is 0.222. The maximum Gasteiger partial charge on any atom is 0.332 e. The topological polar surface area (TPSA) is 74.6 Å². The van der Waals surface area contributed by atoms with Crippen molar-refractivity contribution < 1.29 is 19.8 Å². The van der Waals surface area contributed by atoms with Crippen molar-refractivity contribution in [3.05, 3.63) is 11.1 Å². The first-order chi connectivity index (χ1) is 10.5. The summed E-state index contributed by atoms with van der Waals surface area (Å²) in [6.45, 7) is 0. The third kappa shape index (κ3) is 10.4. The van der Waals surface area contributed by atoms with Crippen LogP contribution in [0.5, 0.6) is 0 Å². The maximum absolute atomic E-state index is 11.4. The molecule has 0 aromatic rings. The molecule has 0 saturated heterocycles. The van der Waals surface area contributed by atoms with Crippen LogP contribution in [0.15, 0.2) is 11.1 Å². The van der Waals surface area contributed by atoms with Gasteiger partial charge in [0.25, 0.3) is 0 Å². The Morgan fingerprint density at radius 1 is 0.591 bits per heavy atom. The molecule has 0 rings (SSSR count). The average molecular weight is 442 g/mol. The second-order valence-electron chi connectivity index (χ2n) is 5.27. The first kappa shape index (κ1) is 21.6. The summed E-state index contributed by atoms with van der Waals surface area (Å²) in [7, 11) is 0. The number of hydrogen-bond acceptors (Lipinski definition) is 2. The van der Waals surface area contributed by atoms with Crippen molar-refractivity contribution in [1.82, 2.24) is 0 Å². The molecule has 0 aliphatic heterocycles. The van der Waals surface area contributed by atoms with Gasteiger partial charge in [0.05, 0.1) is 0 Å². The normalized spacial score (nSPS) is 12.1. The molecule has 0 aromatic heterocycles. The van der Waals surface area contributed by atoms with Crippen molar-refractivity contribution >= 4 is 43.8 Å². The summed E-state index contributed by atoms with van der Waals surface area (Å²) < 4.78 is 0. The van der Waals surface area contributed by atoms with Crippen LogP contribution in [0.25, 0.3) is 0 Å². The molecule has 0 radical (unpaired) electrons. The van der Waals surface area contributed by atoms with E-state index in [1.807, 2.05) is 0 Å². The number of alkyl halides is 2. The lowest BCUT2D eigenvalue weighted by molar-refractivity contribution is -0.136. The van der Waals surface area contributed by atoms with E-state index in [1.54, 1.807) is 0 Å². The Kier molecular flexibility index (Phi) is 14.0. The Bertz CT molecular complexity index is 333. The van der Waals surface area contributed by atoms with Crippen molar-refractivity contribution in [2.45, 2.75) is 64.2 Å². The predicted molar refractivity (Wildman–Crippen MR) is 96.1 cm³/mol. The lowest BCUT2D eigenvalue weighted by Gasteiger charge is -2.09. The zero-order valence-electron chi connectivity index (χ0n) is 13.0. The molecule has 0 spiro atoms. The summed E-state index contributed by atoms with van der Waals surface area (Å²) in [5, 5.41) is 20.5. The highest BCUT2D eigenvalue weighted by Crippen LogP contribution is 2.20. The fourth-order valence-electron chi connectivity index (χ4n) is 2.27. The molecule has 128 valence electrons. The van der Waals surface area contributed by atoms with Crippen LogP contribution in [0.1, 0.15) is 64.2 Å². The van der Waals surface area contributed by atoms with Crippen molar-refractivity contribution in [3.63, 3.8) is 0 Å². The summed E-state index contributed by atoms with van der Waals surface area (Å²) in [6.07, 6.45) is 8.21. The van der Waals surface area contributed by atoms with Gasteiger partial charge in [-0.15, -0.1) is 0 Å². The molecule has 0 aromatic carbocycles. The van der Waals surface area contributed by atoms with Crippen LogP contribution in [-0.4, -0.2) is 32.8 Å². The Morgan fingerprint density at radius 2 is 0.909 bits per heavy atom. The van der Waals surface area contributed by atoms with Gasteiger partial charge in [-0.25, -0.2) is 9.59 Å². The molecule has 2 N–H and O–H groups in total. The van der Waals surface area contributed by atoms with Gasteiger partial charge in [0.2, 0.25) is 0 Å². The Labute approximate surface area is 149 Å². The minimum atomic E-state index is -1.08. The monoisotopic (exact) mass is 440 g/mol. The number of unbranched alkanes of at least 4 members (excludes halogenated alkanes) is 6. The zero-order chi connectivity index (χ0) is 16.8. The predicted octanol–water partition coefficient (Wildman–Crippen LogP) is 5.14. The minimum Gasteiger partial charge on any atom is -0.478 e. The highest BCUT2D eigenvalue weighted by molar-refractivity contribution is 9.09. The number of carboxylic acids is 2. The van der Waals surface area contributed by atoms with Crippen molar-refractivity contribution in [1.29, 1.82) is 0 Å². The first-order valence-corrected chi connectivity index (χ1v) is 10.1. The molecule has 0 aliphatic carbocycles. The summed E-state index contributed by atoms with van der Waals surface area (Å²) in [5.74, 6) is -2.17. The standard InChI is InChI=1S/C16H26Br2O4/c17-11-7-3-1-5-9-13(15(19)20)14(16(21)22)10-6-2-4-8-12-18/h1-12H2,(H,19,20)(H,21,22)/b14-13+. The van der Waals surface area contributed by atoms with Crippen LogP contribution in [0.4, 0.5) is 0 Å². The summed E-state index contributed by atoms with van der Waals surface area (Å²) in [4.78, 5) is 22.7. The van der Waals surface area contributed by atoms with Gasteiger partial charge in [0.1, 0.15) is 0 Å².